The summed E-state index contributed by atoms with van der Waals surface area (Å²) in [5.74, 6) is 0.581. The minimum atomic E-state index is -3.64. The zero-order valence-electron chi connectivity index (χ0n) is 12.4. The maximum atomic E-state index is 11.9. The van der Waals surface area contributed by atoms with Gasteiger partial charge in [0.1, 0.15) is 16.4 Å². The number of benzene rings is 2. The van der Waals surface area contributed by atoms with Crippen LogP contribution in [0.1, 0.15) is 5.56 Å². The molecule has 2 rings (SSSR count). The van der Waals surface area contributed by atoms with Crippen molar-refractivity contribution in [2.75, 3.05) is 12.5 Å². The smallest absolute Gasteiger partial charge is 0.179 e. The lowest BCUT2D eigenvalue weighted by Crippen LogP contribution is -2.04. The summed E-state index contributed by atoms with van der Waals surface area (Å²) < 4.78 is 52.6. The molecular formula is C15H16O5S2. The topological polar surface area (TPSA) is 77.5 Å². The van der Waals surface area contributed by atoms with E-state index in [0.29, 0.717) is 5.75 Å². The molecule has 0 atom stereocenters. The van der Waals surface area contributed by atoms with Crippen molar-refractivity contribution in [2.45, 2.75) is 16.7 Å². The molecule has 0 aliphatic carbocycles. The molecule has 0 unspecified atom stereocenters. The number of hydrogen-bond donors (Lipinski definition) is 0. The van der Waals surface area contributed by atoms with Gasteiger partial charge in [-0.25, -0.2) is 16.8 Å². The Kier molecular flexibility index (Phi) is 4.30. The molecule has 0 fully saturated rings. The summed E-state index contributed by atoms with van der Waals surface area (Å²) in [6, 6.07) is 10.9. The second kappa shape index (κ2) is 5.73. The summed E-state index contributed by atoms with van der Waals surface area (Å²) in [4.78, 5) is -0.221. The summed E-state index contributed by atoms with van der Waals surface area (Å²) in [5.41, 5.74) is 0.964. The van der Waals surface area contributed by atoms with E-state index in [1.165, 1.54) is 12.1 Å². The van der Waals surface area contributed by atoms with Crippen LogP contribution in [0.3, 0.4) is 0 Å². The van der Waals surface area contributed by atoms with Crippen molar-refractivity contribution in [3.63, 3.8) is 0 Å². The number of hydrogen-bond acceptors (Lipinski definition) is 5. The Labute approximate surface area is 130 Å². The van der Waals surface area contributed by atoms with Crippen LogP contribution < -0.4 is 4.74 Å². The molecule has 7 heteroatoms. The molecule has 0 amide bonds. The molecule has 0 aliphatic rings. The third-order valence-corrected chi connectivity index (χ3v) is 5.19. The van der Waals surface area contributed by atoms with Gasteiger partial charge >= 0.3 is 0 Å². The van der Waals surface area contributed by atoms with Crippen LogP contribution in [0.2, 0.25) is 0 Å². The summed E-state index contributed by atoms with van der Waals surface area (Å²) in [7, 11) is -7.14. The Morgan fingerprint density at radius 1 is 0.864 bits per heavy atom. The molecule has 0 aliphatic heterocycles. The number of sulfone groups is 2. The van der Waals surface area contributed by atoms with E-state index in [0.717, 1.165) is 24.1 Å². The second-order valence-electron chi connectivity index (χ2n) is 5.07. The molecule has 0 spiro atoms. The van der Waals surface area contributed by atoms with E-state index in [2.05, 4.69) is 0 Å². The zero-order chi connectivity index (χ0) is 16.5. The summed E-state index contributed by atoms with van der Waals surface area (Å²) in [5, 5.41) is 0. The quantitative estimate of drug-likeness (QED) is 0.855. The van der Waals surface area contributed by atoms with Crippen LogP contribution in [0.5, 0.6) is 11.5 Å². The van der Waals surface area contributed by atoms with Crippen molar-refractivity contribution >= 4 is 19.7 Å². The lowest BCUT2D eigenvalue weighted by molar-refractivity contribution is 0.466. The number of ether oxygens (including phenoxy) is 1. The highest BCUT2D eigenvalue weighted by Crippen LogP contribution is 2.31. The molecule has 0 N–H and O–H groups in total. The highest BCUT2D eigenvalue weighted by Gasteiger charge is 2.19. The SMILES string of the molecule is Cc1cccc(Oc2ccc(S(C)(=O)=O)cc2S(C)(=O)=O)c1. The Bertz CT molecular complexity index is 913. The van der Waals surface area contributed by atoms with E-state index in [1.54, 1.807) is 18.2 Å². The summed E-state index contributed by atoms with van der Waals surface area (Å²) in [6.45, 7) is 1.89. The maximum absolute atomic E-state index is 11.9. The first-order chi connectivity index (χ1) is 10.1. The molecule has 2 aromatic carbocycles. The van der Waals surface area contributed by atoms with Crippen LogP contribution in [0.4, 0.5) is 0 Å². The van der Waals surface area contributed by atoms with Gasteiger partial charge in [0.25, 0.3) is 0 Å². The van der Waals surface area contributed by atoms with Gasteiger partial charge in [0.15, 0.2) is 19.7 Å². The minimum Gasteiger partial charge on any atom is -0.456 e. The first-order valence-corrected chi connectivity index (χ1v) is 10.1. The van der Waals surface area contributed by atoms with Crippen LogP contribution in [-0.2, 0) is 19.7 Å². The fourth-order valence-electron chi connectivity index (χ4n) is 1.90. The third kappa shape index (κ3) is 3.86. The first kappa shape index (κ1) is 16.5. The van der Waals surface area contributed by atoms with Crippen LogP contribution in [0.15, 0.2) is 52.3 Å². The van der Waals surface area contributed by atoms with E-state index in [-0.39, 0.29) is 15.5 Å². The van der Waals surface area contributed by atoms with E-state index in [9.17, 15) is 16.8 Å². The van der Waals surface area contributed by atoms with E-state index in [4.69, 9.17) is 4.74 Å². The first-order valence-electron chi connectivity index (χ1n) is 6.36. The highest BCUT2D eigenvalue weighted by molar-refractivity contribution is 7.91. The standard InChI is InChI=1S/C15H16O5S2/c1-11-5-4-6-12(9-11)20-14-8-7-13(21(2,16)17)10-15(14)22(3,18)19/h4-10H,1-3H3. The Hall–Kier alpha value is -1.86. The van der Waals surface area contributed by atoms with Crippen molar-refractivity contribution in [1.29, 1.82) is 0 Å². The zero-order valence-corrected chi connectivity index (χ0v) is 14.0. The molecule has 5 nitrogen and oxygen atoms in total. The molecule has 22 heavy (non-hydrogen) atoms. The number of aryl methyl sites for hydroxylation is 1. The average molecular weight is 340 g/mol. The van der Waals surface area contributed by atoms with Gasteiger partial charge in [-0.1, -0.05) is 12.1 Å². The molecule has 0 saturated heterocycles. The number of rotatable bonds is 4. The van der Waals surface area contributed by atoms with E-state index < -0.39 is 19.7 Å². The van der Waals surface area contributed by atoms with Crippen molar-refractivity contribution in [1.82, 2.24) is 0 Å². The molecule has 0 bridgehead atoms. The van der Waals surface area contributed by atoms with Crippen molar-refractivity contribution < 1.29 is 21.6 Å². The van der Waals surface area contributed by atoms with E-state index in [1.807, 2.05) is 13.0 Å². The van der Waals surface area contributed by atoms with E-state index >= 15 is 0 Å². The largest absolute Gasteiger partial charge is 0.456 e. The van der Waals surface area contributed by atoms with Gasteiger partial charge in [0.2, 0.25) is 0 Å². The second-order valence-corrected chi connectivity index (χ2v) is 9.07. The maximum Gasteiger partial charge on any atom is 0.179 e. The van der Waals surface area contributed by atoms with Crippen molar-refractivity contribution in [3.8, 4) is 11.5 Å². The fourth-order valence-corrected chi connectivity index (χ4v) is 3.44. The van der Waals surface area contributed by atoms with Gasteiger partial charge in [-0.15, -0.1) is 0 Å². The highest BCUT2D eigenvalue weighted by atomic mass is 32.2. The molecule has 0 heterocycles. The molecule has 2 aromatic rings. The third-order valence-electron chi connectivity index (χ3n) is 2.96. The Morgan fingerprint density at radius 3 is 2.09 bits per heavy atom. The van der Waals surface area contributed by atoms with Gasteiger partial charge in [0.05, 0.1) is 4.90 Å². The van der Waals surface area contributed by atoms with Gasteiger partial charge in [0, 0.05) is 12.5 Å². The lowest BCUT2D eigenvalue weighted by atomic mass is 10.2. The molecule has 0 aromatic heterocycles. The van der Waals surface area contributed by atoms with Gasteiger partial charge in [-0.2, -0.15) is 0 Å². The average Bonchev–Trinajstić information content (AvgIpc) is 2.36. The van der Waals surface area contributed by atoms with Gasteiger partial charge in [-0.05, 0) is 42.8 Å². The fraction of sp³-hybridized carbons (Fsp3) is 0.200. The Balaban J connectivity index is 2.57. The molecule has 0 saturated carbocycles. The lowest BCUT2D eigenvalue weighted by Gasteiger charge is -2.11. The molecule has 0 radical (unpaired) electrons. The summed E-state index contributed by atoms with van der Waals surface area (Å²) >= 11 is 0. The van der Waals surface area contributed by atoms with Gasteiger partial charge < -0.3 is 4.74 Å². The normalized spacial score (nSPS) is 12.1. The molecular weight excluding hydrogens is 324 g/mol. The minimum absolute atomic E-state index is 0.0653. The van der Waals surface area contributed by atoms with Crippen LogP contribution in [0, 0.1) is 6.92 Å². The Morgan fingerprint density at radius 2 is 1.55 bits per heavy atom. The van der Waals surface area contributed by atoms with Crippen LogP contribution in [-0.4, -0.2) is 29.3 Å². The predicted molar refractivity (Wildman–Crippen MR) is 83.9 cm³/mol. The van der Waals surface area contributed by atoms with Gasteiger partial charge in [-0.3, -0.25) is 0 Å². The monoisotopic (exact) mass is 340 g/mol. The summed E-state index contributed by atoms with van der Waals surface area (Å²) in [6.07, 6.45) is 2.03. The van der Waals surface area contributed by atoms with Crippen LogP contribution >= 0.6 is 0 Å². The van der Waals surface area contributed by atoms with Crippen LogP contribution in [0.25, 0.3) is 0 Å². The molecule has 118 valence electrons. The van der Waals surface area contributed by atoms with Crippen molar-refractivity contribution in [2.24, 2.45) is 0 Å². The van der Waals surface area contributed by atoms with Crippen molar-refractivity contribution in [3.05, 3.63) is 48.0 Å². The predicted octanol–water partition coefficient (Wildman–Crippen LogP) is 2.59.